The van der Waals surface area contributed by atoms with Crippen molar-refractivity contribution >= 4 is 18.4 Å². The zero-order chi connectivity index (χ0) is 17.7. The molecular weight excluding hydrogens is 317 g/mol. The summed E-state index contributed by atoms with van der Waals surface area (Å²) in [6.45, 7) is 2.58. The van der Waals surface area contributed by atoms with E-state index in [4.69, 9.17) is 0 Å². The molecule has 0 aliphatic carbocycles. The van der Waals surface area contributed by atoms with Crippen LogP contribution in [0.3, 0.4) is 0 Å². The van der Waals surface area contributed by atoms with Gasteiger partial charge in [-0.25, -0.2) is 4.57 Å². The van der Waals surface area contributed by atoms with Crippen molar-refractivity contribution in [3.63, 3.8) is 0 Å². The van der Waals surface area contributed by atoms with Gasteiger partial charge >= 0.3 is 6.98 Å². The summed E-state index contributed by atoms with van der Waals surface area (Å²) in [5.41, 5.74) is 6.92. The van der Waals surface area contributed by atoms with Gasteiger partial charge in [0.1, 0.15) is 12.4 Å². The standard InChI is InChI=1S/C22H25BN3/c1-17-9-8-13-20-21(17)22-24(2)15-16-25(22)23-14-7-3-4-10-18-11-5-6-12-19(18)26(20)23/h5-6,8-9,11-13,15-16H,3-4,7,10,14H2,1-2H3/q+1. The van der Waals surface area contributed by atoms with Crippen LogP contribution in [0.25, 0.3) is 11.4 Å². The quantitative estimate of drug-likeness (QED) is 0.548. The molecule has 5 rings (SSSR count). The maximum atomic E-state index is 2.61. The first-order chi connectivity index (χ1) is 12.8. The van der Waals surface area contributed by atoms with E-state index in [0.29, 0.717) is 6.98 Å². The molecule has 0 atom stereocenters. The zero-order valence-corrected chi connectivity index (χ0v) is 15.7. The Bertz CT molecular complexity index is 975. The summed E-state index contributed by atoms with van der Waals surface area (Å²) in [5.74, 6) is 1.33. The van der Waals surface area contributed by atoms with Crippen molar-refractivity contribution in [1.29, 1.82) is 0 Å². The second-order valence-corrected chi connectivity index (χ2v) is 7.69. The van der Waals surface area contributed by atoms with Crippen molar-refractivity contribution in [2.24, 2.45) is 7.05 Å². The summed E-state index contributed by atoms with van der Waals surface area (Å²) < 4.78 is 4.78. The van der Waals surface area contributed by atoms with E-state index in [1.54, 1.807) is 0 Å². The second-order valence-electron chi connectivity index (χ2n) is 7.69. The minimum absolute atomic E-state index is 0.347. The molecule has 0 saturated carbocycles. The minimum Gasteiger partial charge on any atom is -0.343 e. The first-order valence-electron chi connectivity index (χ1n) is 9.79. The van der Waals surface area contributed by atoms with Gasteiger partial charge in [0.05, 0.1) is 12.6 Å². The highest BCUT2D eigenvalue weighted by molar-refractivity contribution is 6.57. The number of aryl methyl sites for hydroxylation is 3. The van der Waals surface area contributed by atoms with Gasteiger partial charge in [-0.1, -0.05) is 43.2 Å². The minimum atomic E-state index is 0.347. The Morgan fingerprint density at radius 2 is 1.81 bits per heavy atom. The molecule has 0 amide bonds. The maximum absolute atomic E-state index is 2.61. The fourth-order valence-electron chi connectivity index (χ4n) is 4.80. The molecule has 0 spiro atoms. The molecule has 2 aromatic carbocycles. The van der Waals surface area contributed by atoms with Crippen LogP contribution in [0, 0.1) is 6.92 Å². The van der Waals surface area contributed by atoms with E-state index in [9.17, 15) is 0 Å². The highest BCUT2D eigenvalue weighted by atomic mass is 15.2. The molecule has 0 bridgehead atoms. The van der Waals surface area contributed by atoms with E-state index < -0.39 is 0 Å². The Morgan fingerprint density at radius 3 is 2.73 bits per heavy atom. The number of nitrogens with zero attached hydrogens (tertiary/aromatic N) is 3. The van der Waals surface area contributed by atoms with E-state index in [1.165, 1.54) is 65.9 Å². The van der Waals surface area contributed by atoms with Crippen LogP contribution in [0.4, 0.5) is 11.4 Å². The summed E-state index contributed by atoms with van der Waals surface area (Å²) in [7, 11) is 2.17. The highest BCUT2D eigenvalue weighted by Crippen LogP contribution is 2.42. The van der Waals surface area contributed by atoms with Crippen molar-refractivity contribution in [2.75, 3.05) is 4.81 Å². The third-order valence-corrected chi connectivity index (χ3v) is 6.04. The van der Waals surface area contributed by atoms with Crippen LogP contribution in [0.2, 0.25) is 6.32 Å². The highest BCUT2D eigenvalue weighted by Gasteiger charge is 2.44. The molecule has 0 N–H and O–H groups in total. The van der Waals surface area contributed by atoms with Crippen molar-refractivity contribution in [1.82, 2.24) is 4.57 Å². The third kappa shape index (κ3) is 2.24. The molecule has 3 heterocycles. The smallest absolute Gasteiger partial charge is 0.343 e. The summed E-state index contributed by atoms with van der Waals surface area (Å²) in [6, 6.07) is 15.8. The number of aromatic nitrogens is 2. The van der Waals surface area contributed by atoms with E-state index in [2.05, 4.69) is 82.7 Å². The van der Waals surface area contributed by atoms with Crippen molar-refractivity contribution < 1.29 is 4.48 Å². The molecule has 130 valence electrons. The van der Waals surface area contributed by atoms with Gasteiger partial charge in [0, 0.05) is 11.4 Å². The lowest BCUT2D eigenvalue weighted by molar-refractivity contribution is -0.526. The zero-order valence-electron chi connectivity index (χ0n) is 15.7. The van der Waals surface area contributed by atoms with Crippen LogP contribution >= 0.6 is 0 Å². The average Bonchev–Trinajstić information content (AvgIpc) is 3.06. The van der Waals surface area contributed by atoms with Crippen LogP contribution in [0.15, 0.2) is 54.9 Å². The van der Waals surface area contributed by atoms with Crippen LogP contribution < -0.4 is 9.29 Å². The fraction of sp³-hybridized carbons (Fsp3) is 0.318. The van der Waals surface area contributed by atoms with Gasteiger partial charge in [-0.15, -0.1) is 0 Å². The van der Waals surface area contributed by atoms with E-state index in [-0.39, 0.29) is 0 Å². The predicted molar refractivity (Wildman–Crippen MR) is 108 cm³/mol. The van der Waals surface area contributed by atoms with Gasteiger partial charge in [0.2, 0.25) is 0 Å². The topological polar surface area (TPSA) is 12.0 Å². The lowest BCUT2D eigenvalue weighted by Gasteiger charge is -2.35. The molecule has 0 radical (unpaired) electrons. The number of anilines is 2. The number of imidazole rings is 1. The normalized spacial score (nSPS) is 15.9. The maximum Gasteiger partial charge on any atom is 0.505 e. The Labute approximate surface area is 156 Å². The first-order valence-corrected chi connectivity index (χ1v) is 9.79. The monoisotopic (exact) mass is 342 g/mol. The van der Waals surface area contributed by atoms with Crippen molar-refractivity contribution in [3.8, 4) is 11.4 Å². The van der Waals surface area contributed by atoms with Crippen molar-refractivity contribution in [3.05, 3.63) is 66.0 Å². The number of benzene rings is 2. The molecule has 0 saturated heterocycles. The van der Waals surface area contributed by atoms with Crippen LogP contribution in [-0.2, 0) is 13.5 Å². The molecule has 26 heavy (non-hydrogen) atoms. The SMILES string of the molecule is Cc1cccc2c1-c1n(C)cc[n+]1B1CCCCCc3ccccc3N12. The molecule has 3 nitrogen and oxygen atoms in total. The van der Waals surface area contributed by atoms with Crippen LogP contribution in [0.5, 0.6) is 0 Å². The Hall–Kier alpha value is -2.49. The van der Waals surface area contributed by atoms with E-state index in [0.717, 1.165) is 0 Å². The van der Waals surface area contributed by atoms with Gasteiger partial charge < -0.3 is 4.81 Å². The van der Waals surface area contributed by atoms with E-state index in [1.807, 2.05) is 0 Å². The average molecular weight is 342 g/mol. The molecule has 2 aliphatic heterocycles. The number of hydrogen-bond donors (Lipinski definition) is 0. The van der Waals surface area contributed by atoms with Gasteiger partial charge in [0.25, 0.3) is 5.82 Å². The Balaban J connectivity index is 1.83. The molecular formula is C22H25BN3+. The lowest BCUT2D eigenvalue weighted by Crippen LogP contribution is -2.63. The number of rotatable bonds is 0. The fourth-order valence-corrected chi connectivity index (χ4v) is 4.80. The largest absolute Gasteiger partial charge is 0.505 e. The first kappa shape index (κ1) is 15.7. The summed E-state index contributed by atoms with van der Waals surface area (Å²) in [6.07, 6.45) is 10.7. The third-order valence-electron chi connectivity index (χ3n) is 6.04. The van der Waals surface area contributed by atoms with Gasteiger partial charge in [-0.3, -0.25) is 4.48 Å². The van der Waals surface area contributed by atoms with E-state index >= 15 is 0 Å². The second kappa shape index (κ2) is 6.05. The van der Waals surface area contributed by atoms with Crippen LogP contribution in [-0.4, -0.2) is 11.5 Å². The Kier molecular flexibility index (Phi) is 3.66. The molecule has 1 aromatic heterocycles. The van der Waals surface area contributed by atoms with Crippen LogP contribution in [0.1, 0.15) is 30.4 Å². The molecule has 0 unspecified atom stereocenters. The molecule has 4 heteroatoms. The van der Waals surface area contributed by atoms with Gasteiger partial charge in [-0.2, -0.15) is 0 Å². The number of hydrogen-bond acceptors (Lipinski definition) is 1. The molecule has 3 aromatic rings. The lowest BCUT2D eigenvalue weighted by atomic mass is 9.65. The summed E-state index contributed by atoms with van der Waals surface area (Å²) in [5, 5.41) is 0. The molecule has 2 aliphatic rings. The Morgan fingerprint density at radius 1 is 0.962 bits per heavy atom. The number of para-hydroxylation sites is 1. The van der Waals surface area contributed by atoms with Crippen molar-refractivity contribution in [2.45, 2.75) is 38.9 Å². The molecule has 0 fully saturated rings. The van der Waals surface area contributed by atoms with Gasteiger partial charge in [-0.05, 0) is 49.3 Å². The van der Waals surface area contributed by atoms with Gasteiger partial charge in [0.15, 0.2) is 0 Å². The number of fused-ring (bicyclic) bond motifs is 8. The predicted octanol–water partition coefficient (Wildman–Crippen LogP) is 4.50. The summed E-state index contributed by atoms with van der Waals surface area (Å²) in [4.78, 5) is 2.61. The summed E-state index contributed by atoms with van der Waals surface area (Å²) >= 11 is 0.